The second-order valence-corrected chi connectivity index (χ2v) is 5.48. The highest BCUT2D eigenvalue weighted by Gasteiger charge is 2.39. The molecule has 2 atom stereocenters. The lowest BCUT2D eigenvalue weighted by atomic mass is 10.0. The summed E-state index contributed by atoms with van der Waals surface area (Å²) >= 11 is 6.28. The molecule has 1 fully saturated rings. The Morgan fingerprint density at radius 1 is 1.39 bits per heavy atom. The van der Waals surface area contributed by atoms with Crippen molar-refractivity contribution in [1.29, 1.82) is 0 Å². The van der Waals surface area contributed by atoms with Crippen LogP contribution in [0.3, 0.4) is 0 Å². The number of halogens is 1. The summed E-state index contributed by atoms with van der Waals surface area (Å²) in [5.74, 6) is 1.91. The van der Waals surface area contributed by atoms with E-state index in [1.54, 1.807) is 4.68 Å². The Morgan fingerprint density at radius 2 is 2.06 bits per heavy atom. The van der Waals surface area contributed by atoms with Crippen LogP contribution in [0, 0.1) is 5.92 Å². The first kappa shape index (κ1) is 11.6. The molecule has 4 heteroatoms. The molecule has 0 spiro atoms. The third-order valence-electron chi connectivity index (χ3n) is 3.72. The van der Waals surface area contributed by atoms with E-state index in [4.69, 9.17) is 17.3 Å². The van der Waals surface area contributed by atoms with E-state index in [2.05, 4.69) is 12.0 Å². The fraction of sp³-hybridized carbons (Fsp3) is 0.357. The molecule has 1 aliphatic carbocycles. The smallest absolute Gasteiger partial charge is 0.129 e. The second-order valence-electron chi connectivity index (χ2n) is 5.07. The van der Waals surface area contributed by atoms with E-state index in [0.29, 0.717) is 17.7 Å². The van der Waals surface area contributed by atoms with E-state index < -0.39 is 0 Å². The number of nitrogens with two attached hydrogens (primary N) is 1. The van der Waals surface area contributed by atoms with Gasteiger partial charge in [0.25, 0.3) is 0 Å². The molecule has 18 heavy (non-hydrogen) atoms. The molecule has 2 aromatic rings. The minimum atomic E-state index is 0.528. The van der Waals surface area contributed by atoms with E-state index in [1.807, 2.05) is 31.3 Å². The molecule has 0 radical (unpaired) electrons. The Bertz CT molecular complexity index is 603. The Labute approximate surface area is 112 Å². The van der Waals surface area contributed by atoms with Crippen LogP contribution in [0.5, 0.6) is 0 Å². The van der Waals surface area contributed by atoms with Gasteiger partial charge in [-0.3, -0.25) is 4.68 Å². The number of hydrogen-bond acceptors (Lipinski definition) is 2. The summed E-state index contributed by atoms with van der Waals surface area (Å²) in [6.07, 6.45) is 1.19. The highest BCUT2D eigenvalue weighted by molar-refractivity contribution is 6.33. The van der Waals surface area contributed by atoms with Crippen LogP contribution in [0.25, 0.3) is 11.1 Å². The van der Waals surface area contributed by atoms with E-state index in [9.17, 15) is 0 Å². The second kappa shape index (κ2) is 4.02. The highest BCUT2D eigenvalue weighted by atomic mass is 35.5. The topological polar surface area (TPSA) is 43.8 Å². The van der Waals surface area contributed by atoms with Gasteiger partial charge in [0, 0.05) is 29.1 Å². The quantitative estimate of drug-likeness (QED) is 0.900. The van der Waals surface area contributed by atoms with Crippen LogP contribution >= 0.6 is 11.6 Å². The van der Waals surface area contributed by atoms with Crippen molar-refractivity contribution in [2.24, 2.45) is 13.0 Å². The molecular formula is C14H16ClN3. The summed E-state index contributed by atoms with van der Waals surface area (Å²) in [7, 11) is 1.88. The van der Waals surface area contributed by atoms with Crippen LogP contribution in [-0.2, 0) is 7.05 Å². The third kappa shape index (κ3) is 1.70. The number of nitrogens with zero attached hydrogens (tertiary/aromatic N) is 2. The van der Waals surface area contributed by atoms with Gasteiger partial charge in [0.05, 0.1) is 5.69 Å². The maximum Gasteiger partial charge on any atom is 0.129 e. The average Bonchev–Trinajstić information content (AvgIpc) is 2.99. The summed E-state index contributed by atoms with van der Waals surface area (Å²) in [4.78, 5) is 0. The first-order valence-electron chi connectivity index (χ1n) is 6.17. The molecule has 3 nitrogen and oxygen atoms in total. The van der Waals surface area contributed by atoms with Gasteiger partial charge in [0.1, 0.15) is 5.82 Å². The molecule has 0 aliphatic heterocycles. The normalized spacial score (nSPS) is 22.2. The standard InChI is InChI=1S/C14H16ClN3/c1-8-7-10(8)13-12(14(16)18(2)17-13)9-5-3-4-6-11(9)15/h3-6,8,10H,7,16H2,1-2H3. The number of hydrogen-bond donors (Lipinski definition) is 1. The Hall–Kier alpha value is -1.48. The monoisotopic (exact) mass is 261 g/mol. The largest absolute Gasteiger partial charge is 0.383 e. The average molecular weight is 262 g/mol. The molecule has 1 heterocycles. The number of aromatic nitrogens is 2. The SMILES string of the molecule is CC1CC1c1nn(C)c(N)c1-c1ccccc1Cl. The van der Waals surface area contributed by atoms with Crippen LogP contribution in [-0.4, -0.2) is 9.78 Å². The molecule has 0 saturated heterocycles. The van der Waals surface area contributed by atoms with Crippen LogP contribution in [0.2, 0.25) is 5.02 Å². The molecule has 2 unspecified atom stereocenters. The lowest BCUT2D eigenvalue weighted by Gasteiger charge is -2.05. The number of rotatable bonds is 2. The van der Waals surface area contributed by atoms with E-state index in [0.717, 1.165) is 21.8 Å². The first-order chi connectivity index (χ1) is 8.59. The van der Waals surface area contributed by atoms with Gasteiger partial charge < -0.3 is 5.73 Å². The fourth-order valence-corrected chi connectivity index (χ4v) is 2.69. The predicted molar refractivity (Wildman–Crippen MR) is 74.6 cm³/mol. The molecule has 1 saturated carbocycles. The van der Waals surface area contributed by atoms with Gasteiger partial charge in [-0.05, 0) is 18.4 Å². The number of nitrogen functional groups attached to an aromatic ring is 1. The van der Waals surface area contributed by atoms with Crippen LogP contribution in [0.15, 0.2) is 24.3 Å². The molecule has 1 aromatic heterocycles. The minimum Gasteiger partial charge on any atom is -0.383 e. The molecule has 2 N–H and O–H groups in total. The van der Waals surface area contributed by atoms with Gasteiger partial charge in [-0.15, -0.1) is 0 Å². The Balaban J connectivity index is 2.19. The molecular weight excluding hydrogens is 246 g/mol. The van der Waals surface area contributed by atoms with Crippen molar-refractivity contribution in [1.82, 2.24) is 9.78 Å². The highest BCUT2D eigenvalue weighted by Crippen LogP contribution is 2.51. The van der Waals surface area contributed by atoms with Crippen molar-refractivity contribution in [3.63, 3.8) is 0 Å². The predicted octanol–water partition coefficient (Wildman–Crippen LogP) is 3.45. The molecule has 0 bridgehead atoms. The van der Waals surface area contributed by atoms with Crippen molar-refractivity contribution in [2.45, 2.75) is 19.3 Å². The zero-order chi connectivity index (χ0) is 12.9. The third-order valence-corrected chi connectivity index (χ3v) is 4.05. The lowest BCUT2D eigenvalue weighted by Crippen LogP contribution is -1.98. The summed E-state index contributed by atoms with van der Waals surface area (Å²) < 4.78 is 1.75. The molecule has 1 aromatic carbocycles. The van der Waals surface area contributed by atoms with Crippen LogP contribution < -0.4 is 5.73 Å². The first-order valence-corrected chi connectivity index (χ1v) is 6.54. The van der Waals surface area contributed by atoms with Gasteiger partial charge in [-0.1, -0.05) is 36.7 Å². The number of aryl methyl sites for hydroxylation is 1. The van der Waals surface area contributed by atoms with Crippen molar-refractivity contribution < 1.29 is 0 Å². The van der Waals surface area contributed by atoms with Crippen LogP contribution in [0.1, 0.15) is 25.0 Å². The van der Waals surface area contributed by atoms with Crippen LogP contribution in [0.4, 0.5) is 5.82 Å². The number of anilines is 1. The zero-order valence-electron chi connectivity index (χ0n) is 10.5. The van der Waals surface area contributed by atoms with Gasteiger partial charge in [-0.2, -0.15) is 5.10 Å². The summed E-state index contributed by atoms with van der Waals surface area (Å²) in [5, 5.41) is 5.30. The van der Waals surface area contributed by atoms with E-state index >= 15 is 0 Å². The van der Waals surface area contributed by atoms with Crippen molar-refractivity contribution in [3.05, 3.63) is 35.0 Å². The zero-order valence-corrected chi connectivity index (χ0v) is 11.3. The summed E-state index contributed by atoms with van der Waals surface area (Å²) in [6, 6.07) is 7.81. The molecule has 94 valence electrons. The Kier molecular flexibility index (Phi) is 2.59. The maximum atomic E-state index is 6.28. The maximum absolute atomic E-state index is 6.28. The Morgan fingerprint density at radius 3 is 2.67 bits per heavy atom. The van der Waals surface area contributed by atoms with Crippen molar-refractivity contribution in [2.75, 3.05) is 5.73 Å². The van der Waals surface area contributed by atoms with Gasteiger partial charge in [-0.25, -0.2) is 0 Å². The summed E-state index contributed by atoms with van der Waals surface area (Å²) in [6.45, 7) is 2.24. The van der Waals surface area contributed by atoms with Crippen molar-refractivity contribution >= 4 is 17.4 Å². The van der Waals surface area contributed by atoms with E-state index in [1.165, 1.54) is 6.42 Å². The lowest BCUT2D eigenvalue weighted by molar-refractivity contribution is 0.743. The summed E-state index contributed by atoms with van der Waals surface area (Å²) in [5.41, 5.74) is 9.25. The molecule has 1 aliphatic rings. The molecule has 0 amide bonds. The molecule has 3 rings (SSSR count). The number of benzene rings is 1. The van der Waals surface area contributed by atoms with Gasteiger partial charge in [0.2, 0.25) is 0 Å². The minimum absolute atomic E-state index is 0.528. The van der Waals surface area contributed by atoms with Gasteiger partial charge in [0.15, 0.2) is 0 Å². The van der Waals surface area contributed by atoms with Gasteiger partial charge >= 0.3 is 0 Å². The van der Waals surface area contributed by atoms with E-state index in [-0.39, 0.29) is 0 Å². The fourth-order valence-electron chi connectivity index (χ4n) is 2.46. The van der Waals surface area contributed by atoms with Crippen molar-refractivity contribution in [3.8, 4) is 11.1 Å².